The molecule has 0 aliphatic carbocycles. The summed E-state index contributed by atoms with van der Waals surface area (Å²) in [6.07, 6.45) is 1.99. The summed E-state index contributed by atoms with van der Waals surface area (Å²) in [7, 11) is 1.52. The van der Waals surface area contributed by atoms with Gasteiger partial charge in [0.2, 0.25) is 11.8 Å². The van der Waals surface area contributed by atoms with Crippen molar-refractivity contribution in [1.29, 1.82) is 0 Å². The molecule has 1 amide bonds. The molecule has 2 aromatic heterocycles. The van der Waals surface area contributed by atoms with Gasteiger partial charge in [-0.3, -0.25) is 4.79 Å². The van der Waals surface area contributed by atoms with Crippen LogP contribution in [0.25, 0.3) is 11.3 Å². The molecule has 6 heteroatoms. The first kappa shape index (κ1) is 14.5. The van der Waals surface area contributed by atoms with E-state index in [-0.39, 0.29) is 11.8 Å². The summed E-state index contributed by atoms with van der Waals surface area (Å²) >= 11 is 1.57. The third-order valence-corrected chi connectivity index (χ3v) is 3.29. The van der Waals surface area contributed by atoms with Crippen LogP contribution in [0.3, 0.4) is 0 Å². The maximum Gasteiger partial charge on any atom is 0.234 e. The van der Waals surface area contributed by atoms with Crippen LogP contribution in [0.15, 0.2) is 23.0 Å². The number of rotatable bonds is 5. The van der Waals surface area contributed by atoms with Crippen molar-refractivity contribution in [3.63, 3.8) is 0 Å². The zero-order chi connectivity index (χ0) is 14.5. The van der Waals surface area contributed by atoms with Gasteiger partial charge in [-0.15, -0.1) is 0 Å². The van der Waals surface area contributed by atoms with E-state index in [1.165, 1.54) is 7.11 Å². The number of methoxy groups -OCH3 is 1. The second-order valence-corrected chi connectivity index (χ2v) is 5.55. The standard InChI is InChI=1S/C14H17N3O2S/c1-9(2)6-11(18)16-14-13(10-4-5-20-8-10)15-7-12(17-14)19-3/h4-5,7-9H,6H2,1-3H3,(H,16,17,18). The Morgan fingerprint density at radius 3 is 2.90 bits per heavy atom. The first-order chi connectivity index (χ1) is 9.60. The molecular formula is C14H17N3O2S. The Morgan fingerprint density at radius 1 is 1.50 bits per heavy atom. The molecule has 0 atom stereocenters. The van der Waals surface area contributed by atoms with E-state index in [2.05, 4.69) is 15.3 Å². The molecule has 0 fully saturated rings. The number of aromatic nitrogens is 2. The quantitative estimate of drug-likeness (QED) is 0.918. The van der Waals surface area contributed by atoms with E-state index < -0.39 is 0 Å². The number of amides is 1. The fourth-order valence-electron chi connectivity index (χ4n) is 1.72. The number of anilines is 1. The average Bonchev–Trinajstić information content (AvgIpc) is 2.91. The SMILES string of the molecule is COc1cnc(-c2ccsc2)c(NC(=O)CC(C)C)n1. The van der Waals surface area contributed by atoms with Crippen LogP contribution >= 0.6 is 11.3 Å². The van der Waals surface area contributed by atoms with Gasteiger partial charge in [-0.2, -0.15) is 16.3 Å². The van der Waals surface area contributed by atoms with Gasteiger partial charge in [0.25, 0.3) is 0 Å². The van der Waals surface area contributed by atoms with E-state index in [9.17, 15) is 4.79 Å². The molecule has 2 rings (SSSR count). The number of nitrogens with one attached hydrogen (secondary N) is 1. The second-order valence-electron chi connectivity index (χ2n) is 4.77. The molecule has 106 valence electrons. The van der Waals surface area contributed by atoms with Crippen LogP contribution < -0.4 is 10.1 Å². The molecule has 0 bridgehead atoms. The number of hydrogen-bond donors (Lipinski definition) is 1. The van der Waals surface area contributed by atoms with Gasteiger partial charge in [0.05, 0.1) is 13.3 Å². The van der Waals surface area contributed by atoms with Crippen molar-refractivity contribution in [2.24, 2.45) is 5.92 Å². The van der Waals surface area contributed by atoms with Gasteiger partial charge >= 0.3 is 0 Å². The van der Waals surface area contributed by atoms with Gasteiger partial charge < -0.3 is 10.1 Å². The Balaban J connectivity index is 2.31. The number of carbonyl (C=O) groups is 1. The van der Waals surface area contributed by atoms with E-state index in [0.29, 0.717) is 23.8 Å². The van der Waals surface area contributed by atoms with Gasteiger partial charge in [-0.25, -0.2) is 4.98 Å². The smallest absolute Gasteiger partial charge is 0.234 e. The summed E-state index contributed by atoms with van der Waals surface area (Å²) in [5, 5.41) is 6.74. The third kappa shape index (κ3) is 3.54. The lowest BCUT2D eigenvalue weighted by Gasteiger charge is -2.11. The second kappa shape index (κ2) is 6.47. The maximum atomic E-state index is 11.9. The summed E-state index contributed by atoms with van der Waals surface area (Å²) in [5.41, 5.74) is 1.59. The minimum Gasteiger partial charge on any atom is -0.480 e. The summed E-state index contributed by atoms with van der Waals surface area (Å²) in [6.45, 7) is 3.99. The third-order valence-electron chi connectivity index (χ3n) is 2.61. The lowest BCUT2D eigenvalue weighted by Crippen LogP contribution is -2.16. The number of ether oxygens (including phenoxy) is 1. The first-order valence-corrected chi connectivity index (χ1v) is 7.28. The van der Waals surface area contributed by atoms with Gasteiger partial charge in [0.1, 0.15) is 5.69 Å². The highest BCUT2D eigenvalue weighted by Crippen LogP contribution is 2.27. The molecule has 0 aliphatic rings. The Hall–Kier alpha value is -1.95. The van der Waals surface area contributed by atoms with Gasteiger partial charge in [0.15, 0.2) is 5.82 Å². The summed E-state index contributed by atoms with van der Waals surface area (Å²) in [5.74, 6) is 1.04. The van der Waals surface area contributed by atoms with Crippen molar-refractivity contribution in [3.05, 3.63) is 23.0 Å². The summed E-state index contributed by atoms with van der Waals surface area (Å²) < 4.78 is 5.07. The molecular weight excluding hydrogens is 274 g/mol. The van der Waals surface area contributed by atoms with Crippen LogP contribution in [0.4, 0.5) is 5.82 Å². The first-order valence-electron chi connectivity index (χ1n) is 6.33. The Bertz CT molecular complexity index is 582. The molecule has 0 aliphatic heterocycles. The van der Waals surface area contributed by atoms with Crippen LogP contribution in [-0.4, -0.2) is 23.0 Å². The van der Waals surface area contributed by atoms with Crippen molar-refractivity contribution in [2.45, 2.75) is 20.3 Å². The van der Waals surface area contributed by atoms with Crippen LogP contribution in [0.2, 0.25) is 0 Å². The highest BCUT2D eigenvalue weighted by Gasteiger charge is 2.14. The molecule has 0 aromatic carbocycles. The zero-order valence-corrected chi connectivity index (χ0v) is 12.5. The van der Waals surface area contributed by atoms with Crippen LogP contribution in [0.5, 0.6) is 5.88 Å². The molecule has 0 unspecified atom stereocenters. The van der Waals surface area contributed by atoms with Crippen LogP contribution in [0, 0.1) is 5.92 Å². The highest BCUT2D eigenvalue weighted by molar-refractivity contribution is 7.08. The molecule has 1 N–H and O–H groups in total. The minimum absolute atomic E-state index is 0.0703. The molecule has 2 heterocycles. The van der Waals surface area contributed by atoms with E-state index in [1.54, 1.807) is 17.5 Å². The number of thiophene rings is 1. The molecule has 20 heavy (non-hydrogen) atoms. The lowest BCUT2D eigenvalue weighted by molar-refractivity contribution is -0.116. The lowest BCUT2D eigenvalue weighted by atomic mass is 10.1. The largest absolute Gasteiger partial charge is 0.480 e. The van der Waals surface area contributed by atoms with E-state index >= 15 is 0 Å². The predicted molar refractivity (Wildman–Crippen MR) is 80.0 cm³/mol. The van der Waals surface area contributed by atoms with E-state index in [4.69, 9.17) is 4.74 Å². The van der Waals surface area contributed by atoms with E-state index in [0.717, 1.165) is 5.56 Å². The highest BCUT2D eigenvalue weighted by atomic mass is 32.1. The van der Waals surface area contributed by atoms with Gasteiger partial charge in [-0.05, 0) is 17.4 Å². The van der Waals surface area contributed by atoms with Crippen molar-refractivity contribution in [3.8, 4) is 17.1 Å². The van der Waals surface area contributed by atoms with Crippen molar-refractivity contribution < 1.29 is 9.53 Å². The monoisotopic (exact) mass is 291 g/mol. The number of carbonyl (C=O) groups excluding carboxylic acids is 1. The fraction of sp³-hybridized carbons (Fsp3) is 0.357. The molecule has 5 nitrogen and oxygen atoms in total. The predicted octanol–water partition coefficient (Wildman–Crippen LogP) is 3.20. The number of hydrogen-bond acceptors (Lipinski definition) is 5. The number of nitrogens with zero attached hydrogens (tertiary/aromatic N) is 2. The maximum absolute atomic E-state index is 11.9. The summed E-state index contributed by atoms with van der Waals surface area (Å²) in [4.78, 5) is 20.5. The van der Waals surface area contributed by atoms with E-state index in [1.807, 2.05) is 30.7 Å². The Labute approximate surface area is 122 Å². The Kier molecular flexibility index (Phi) is 4.68. The summed E-state index contributed by atoms with van der Waals surface area (Å²) in [6, 6.07) is 1.94. The molecule has 0 spiro atoms. The zero-order valence-electron chi connectivity index (χ0n) is 11.7. The fourth-order valence-corrected chi connectivity index (χ4v) is 2.36. The van der Waals surface area contributed by atoms with Crippen LogP contribution in [0.1, 0.15) is 20.3 Å². The minimum atomic E-state index is -0.0703. The molecule has 0 saturated carbocycles. The van der Waals surface area contributed by atoms with Gasteiger partial charge in [-0.1, -0.05) is 13.8 Å². The van der Waals surface area contributed by atoms with Gasteiger partial charge in [0, 0.05) is 17.4 Å². The van der Waals surface area contributed by atoms with Crippen molar-refractivity contribution >= 4 is 23.1 Å². The molecule has 2 aromatic rings. The molecule has 0 saturated heterocycles. The Morgan fingerprint density at radius 2 is 2.30 bits per heavy atom. The molecule has 0 radical (unpaired) electrons. The van der Waals surface area contributed by atoms with Crippen LogP contribution in [-0.2, 0) is 4.79 Å². The van der Waals surface area contributed by atoms with Crippen molar-refractivity contribution in [2.75, 3.05) is 12.4 Å². The normalized spacial score (nSPS) is 10.6. The van der Waals surface area contributed by atoms with Crippen molar-refractivity contribution in [1.82, 2.24) is 9.97 Å². The average molecular weight is 291 g/mol. The topological polar surface area (TPSA) is 64.1 Å².